The summed E-state index contributed by atoms with van der Waals surface area (Å²) in [7, 11) is 0. The van der Waals surface area contributed by atoms with Crippen LogP contribution in [-0.2, 0) is 0 Å². The van der Waals surface area contributed by atoms with Crippen molar-refractivity contribution < 1.29 is 0 Å². The first kappa shape index (κ1) is 7.50. The molecule has 0 spiro atoms. The predicted molar refractivity (Wildman–Crippen MR) is 56.6 cm³/mol. The Morgan fingerprint density at radius 3 is 2.42 bits per heavy atom. The molecule has 0 bridgehead atoms. The summed E-state index contributed by atoms with van der Waals surface area (Å²) in [6, 6.07) is 14.4. The number of anilines is 1. The van der Waals surface area contributed by atoms with Crippen LogP contribution in [0.1, 0.15) is 0 Å². The van der Waals surface area contributed by atoms with Crippen molar-refractivity contribution in [2.75, 3.05) is 4.72 Å². The van der Waals surface area contributed by atoms with Crippen LogP contribution in [0.5, 0.6) is 0 Å². The van der Waals surface area contributed by atoms with Crippen molar-refractivity contribution in [3.05, 3.63) is 42.5 Å². The molecule has 2 aromatic rings. The third-order valence-corrected chi connectivity index (χ3v) is 2.14. The van der Waals surface area contributed by atoms with Gasteiger partial charge in [-0.05, 0) is 22.9 Å². The molecule has 0 aliphatic rings. The van der Waals surface area contributed by atoms with Gasteiger partial charge in [0.1, 0.15) is 0 Å². The topological polar surface area (TPSA) is 12.0 Å². The highest BCUT2D eigenvalue weighted by atomic mass is 32.1. The first-order chi connectivity index (χ1) is 5.90. The normalized spacial score (nSPS) is 10.1. The Kier molecular flexibility index (Phi) is 1.92. The van der Waals surface area contributed by atoms with E-state index in [4.69, 9.17) is 0 Å². The number of fused-ring (bicyclic) bond motifs is 1. The van der Waals surface area contributed by atoms with Crippen LogP contribution in [0.15, 0.2) is 42.5 Å². The Morgan fingerprint density at radius 1 is 0.917 bits per heavy atom. The minimum absolute atomic E-state index is 1.03. The maximum Gasteiger partial charge on any atom is 0.0444 e. The van der Waals surface area contributed by atoms with E-state index in [-0.39, 0.29) is 0 Å². The second kappa shape index (κ2) is 3.07. The van der Waals surface area contributed by atoms with Crippen molar-refractivity contribution in [3.8, 4) is 0 Å². The first-order valence-electron chi connectivity index (χ1n) is 3.79. The number of rotatable bonds is 1. The van der Waals surface area contributed by atoms with Crippen molar-refractivity contribution in [1.82, 2.24) is 0 Å². The molecule has 1 N–H and O–H groups in total. The molecule has 0 atom stereocenters. The highest BCUT2D eigenvalue weighted by Gasteiger charge is 1.92. The van der Waals surface area contributed by atoms with E-state index < -0.39 is 0 Å². The fraction of sp³-hybridized carbons (Fsp3) is 0. The summed E-state index contributed by atoms with van der Waals surface area (Å²) in [5, 5.41) is 2.49. The molecule has 1 nitrogen and oxygen atoms in total. The third kappa shape index (κ3) is 1.25. The number of hydrogen-bond donors (Lipinski definition) is 2. The van der Waals surface area contributed by atoms with Crippen LogP contribution < -0.4 is 4.72 Å². The molecule has 2 rings (SSSR count). The molecule has 0 heterocycles. The van der Waals surface area contributed by atoms with E-state index in [9.17, 15) is 0 Å². The molecule has 2 heteroatoms. The summed E-state index contributed by atoms with van der Waals surface area (Å²) in [4.78, 5) is 0. The number of hydrogen-bond acceptors (Lipinski definition) is 2. The van der Waals surface area contributed by atoms with Gasteiger partial charge in [-0.1, -0.05) is 43.1 Å². The lowest BCUT2D eigenvalue weighted by molar-refractivity contribution is 1.73. The lowest BCUT2D eigenvalue weighted by Gasteiger charge is -2.00. The Bertz CT molecular complexity index is 398. The van der Waals surface area contributed by atoms with Crippen LogP contribution in [0.3, 0.4) is 0 Å². The standard InChI is InChI=1S/C10H9NS/c12-11-10-6-5-8-3-1-2-4-9(8)7-10/h1-7,11-12H. The summed E-state index contributed by atoms with van der Waals surface area (Å²) in [5.74, 6) is 0. The highest BCUT2D eigenvalue weighted by molar-refractivity contribution is 7.81. The molecular weight excluding hydrogens is 166 g/mol. The van der Waals surface area contributed by atoms with Crippen LogP contribution >= 0.6 is 12.8 Å². The van der Waals surface area contributed by atoms with E-state index in [1.165, 1.54) is 10.8 Å². The van der Waals surface area contributed by atoms with Crippen LogP contribution in [-0.4, -0.2) is 0 Å². The summed E-state index contributed by atoms with van der Waals surface area (Å²) in [6.45, 7) is 0. The molecular formula is C10H9NS. The van der Waals surface area contributed by atoms with Gasteiger partial charge in [-0.2, -0.15) is 0 Å². The second-order valence-electron chi connectivity index (χ2n) is 2.67. The lowest BCUT2D eigenvalue weighted by Crippen LogP contribution is -1.79. The molecule has 0 aliphatic carbocycles. The van der Waals surface area contributed by atoms with Crippen molar-refractivity contribution in [1.29, 1.82) is 0 Å². The van der Waals surface area contributed by atoms with Gasteiger partial charge in [-0.25, -0.2) is 0 Å². The van der Waals surface area contributed by atoms with Gasteiger partial charge >= 0.3 is 0 Å². The first-order valence-corrected chi connectivity index (χ1v) is 4.24. The maximum atomic E-state index is 3.99. The molecule has 60 valence electrons. The minimum Gasteiger partial charge on any atom is -0.332 e. The molecule has 0 fully saturated rings. The van der Waals surface area contributed by atoms with E-state index in [1.807, 2.05) is 18.2 Å². The van der Waals surface area contributed by atoms with Gasteiger partial charge < -0.3 is 4.72 Å². The predicted octanol–water partition coefficient (Wildman–Crippen LogP) is 3.10. The van der Waals surface area contributed by atoms with Gasteiger partial charge in [0.15, 0.2) is 0 Å². The molecule has 0 aliphatic heterocycles. The van der Waals surface area contributed by atoms with Gasteiger partial charge in [0, 0.05) is 5.69 Å². The molecule has 0 amide bonds. The SMILES string of the molecule is SNc1ccc2ccccc2c1. The summed E-state index contributed by atoms with van der Waals surface area (Å²) < 4.78 is 2.81. The second-order valence-corrected chi connectivity index (χ2v) is 2.90. The Labute approximate surface area is 77.0 Å². The van der Waals surface area contributed by atoms with Gasteiger partial charge in [0.05, 0.1) is 0 Å². The van der Waals surface area contributed by atoms with Gasteiger partial charge in [-0.15, -0.1) is 0 Å². The van der Waals surface area contributed by atoms with Gasteiger partial charge in [0.25, 0.3) is 0 Å². The molecule has 0 saturated carbocycles. The number of nitrogens with one attached hydrogen (secondary N) is 1. The molecule has 0 aromatic heterocycles. The molecule has 0 radical (unpaired) electrons. The maximum absolute atomic E-state index is 3.99. The molecule has 0 unspecified atom stereocenters. The third-order valence-electron chi connectivity index (χ3n) is 1.88. The van der Waals surface area contributed by atoms with Crippen molar-refractivity contribution in [2.45, 2.75) is 0 Å². The van der Waals surface area contributed by atoms with Crippen molar-refractivity contribution >= 4 is 29.3 Å². The summed E-state index contributed by atoms with van der Waals surface area (Å²) in [6.07, 6.45) is 0. The smallest absolute Gasteiger partial charge is 0.0444 e. The van der Waals surface area contributed by atoms with Crippen molar-refractivity contribution in [3.63, 3.8) is 0 Å². The van der Waals surface area contributed by atoms with E-state index >= 15 is 0 Å². The largest absolute Gasteiger partial charge is 0.332 e. The van der Waals surface area contributed by atoms with Gasteiger partial charge in [0.2, 0.25) is 0 Å². The van der Waals surface area contributed by atoms with Crippen molar-refractivity contribution in [2.24, 2.45) is 0 Å². The van der Waals surface area contributed by atoms with Crippen LogP contribution in [0, 0.1) is 0 Å². The fourth-order valence-corrected chi connectivity index (χ4v) is 1.40. The molecule has 12 heavy (non-hydrogen) atoms. The highest BCUT2D eigenvalue weighted by Crippen LogP contribution is 2.18. The average molecular weight is 175 g/mol. The Hall–Kier alpha value is -1.15. The minimum atomic E-state index is 1.03. The zero-order valence-electron chi connectivity index (χ0n) is 6.49. The van der Waals surface area contributed by atoms with E-state index in [0.29, 0.717) is 0 Å². The van der Waals surface area contributed by atoms with Crippen LogP contribution in [0.4, 0.5) is 5.69 Å². The Morgan fingerprint density at radius 2 is 1.67 bits per heavy atom. The monoisotopic (exact) mass is 175 g/mol. The lowest BCUT2D eigenvalue weighted by atomic mass is 10.1. The van der Waals surface area contributed by atoms with E-state index in [1.54, 1.807) is 0 Å². The van der Waals surface area contributed by atoms with E-state index in [2.05, 4.69) is 41.8 Å². The van der Waals surface area contributed by atoms with Crippen LogP contribution in [0.2, 0.25) is 0 Å². The van der Waals surface area contributed by atoms with Gasteiger partial charge in [-0.3, -0.25) is 0 Å². The average Bonchev–Trinajstić information content (AvgIpc) is 2.17. The Balaban J connectivity index is 2.67. The summed E-state index contributed by atoms with van der Waals surface area (Å²) >= 11 is 3.99. The molecule has 2 aromatic carbocycles. The number of thiol groups is 1. The molecule has 0 saturated heterocycles. The number of benzene rings is 2. The summed E-state index contributed by atoms with van der Waals surface area (Å²) in [5.41, 5.74) is 1.03. The van der Waals surface area contributed by atoms with E-state index in [0.717, 1.165) is 5.69 Å². The quantitative estimate of drug-likeness (QED) is 0.635. The van der Waals surface area contributed by atoms with Crippen LogP contribution in [0.25, 0.3) is 10.8 Å². The zero-order valence-corrected chi connectivity index (χ0v) is 7.38. The zero-order chi connectivity index (χ0) is 8.39. The fourth-order valence-electron chi connectivity index (χ4n) is 1.26.